The highest BCUT2D eigenvalue weighted by Gasteiger charge is 2.75. The summed E-state index contributed by atoms with van der Waals surface area (Å²) in [5.74, 6) is -1.99. The third-order valence-corrected chi connectivity index (χ3v) is 7.18. The van der Waals surface area contributed by atoms with Gasteiger partial charge in [0, 0.05) is 12.1 Å². The van der Waals surface area contributed by atoms with E-state index in [1.54, 1.807) is 4.90 Å². The molecular formula is C23H39N3O5. The Labute approximate surface area is 185 Å². The molecule has 0 radical (unpaired) electrons. The third-order valence-electron chi connectivity index (χ3n) is 7.18. The molecule has 3 N–H and O–H groups in total. The number of ether oxygens (including phenoxy) is 1. The van der Waals surface area contributed by atoms with Crippen molar-refractivity contribution in [2.75, 3.05) is 13.2 Å². The van der Waals surface area contributed by atoms with Crippen LogP contribution in [0.25, 0.3) is 0 Å². The van der Waals surface area contributed by atoms with E-state index in [9.17, 15) is 19.5 Å². The molecule has 8 heteroatoms. The van der Waals surface area contributed by atoms with Crippen molar-refractivity contribution in [1.82, 2.24) is 15.5 Å². The summed E-state index contributed by atoms with van der Waals surface area (Å²) in [6.07, 6.45) is 2.41. The predicted octanol–water partition coefficient (Wildman–Crippen LogP) is 1.21. The molecule has 1 spiro atoms. The van der Waals surface area contributed by atoms with Crippen molar-refractivity contribution in [3.05, 3.63) is 0 Å². The lowest BCUT2D eigenvalue weighted by molar-refractivity contribution is -0.147. The summed E-state index contributed by atoms with van der Waals surface area (Å²) in [5, 5.41) is 16.2. The second-order valence-electron chi connectivity index (χ2n) is 10.5. The fourth-order valence-corrected chi connectivity index (χ4v) is 5.67. The summed E-state index contributed by atoms with van der Waals surface area (Å²) in [5.41, 5.74) is -1.51. The topological polar surface area (TPSA) is 108 Å². The largest absolute Gasteiger partial charge is 0.394 e. The molecule has 2 unspecified atom stereocenters. The van der Waals surface area contributed by atoms with Crippen molar-refractivity contribution in [2.45, 2.75) is 96.6 Å². The first kappa shape index (κ1) is 24.0. The Morgan fingerprint density at radius 2 is 1.97 bits per heavy atom. The van der Waals surface area contributed by atoms with Crippen molar-refractivity contribution in [1.29, 1.82) is 0 Å². The van der Waals surface area contributed by atoms with Gasteiger partial charge in [-0.15, -0.1) is 0 Å². The van der Waals surface area contributed by atoms with Gasteiger partial charge in [-0.2, -0.15) is 0 Å². The molecule has 0 aromatic carbocycles. The van der Waals surface area contributed by atoms with Gasteiger partial charge in [0.25, 0.3) is 0 Å². The van der Waals surface area contributed by atoms with Crippen LogP contribution in [0.15, 0.2) is 0 Å². The Morgan fingerprint density at radius 3 is 2.52 bits per heavy atom. The fraction of sp³-hybridized carbons (Fsp3) is 0.870. The number of likely N-dealkylation sites (tertiary alicyclic amines) is 1. The van der Waals surface area contributed by atoms with Crippen LogP contribution in [0.5, 0.6) is 0 Å². The summed E-state index contributed by atoms with van der Waals surface area (Å²) in [7, 11) is 0. The minimum Gasteiger partial charge on any atom is -0.394 e. The lowest BCUT2D eigenvalue weighted by Crippen LogP contribution is -2.61. The second-order valence-corrected chi connectivity index (χ2v) is 10.5. The van der Waals surface area contributed by atoms with Gasteiger partial charge in [0.15, 0.2) is 0 Å². The highest BCUT2D eigenvalue weighted by Crippen LogP contribution is 2.59. The lowest BCUT2D eigenvalue weighted by atomic mass is 9.70. The van der Waals surface area contributed by atoms with Gasteiger partial charge in [-0.05, 0) is 46.0 Å². The number of rotatable bonds is 8. The van der Waals surface area contributed by atoms with E-state index >= 15 is 0 Å². The zero-order valence-corrected chi connectivity index (χ0v) is 19.7. The number of hydrogen-bond acceptors (Lipinski definition) is 5. The maximum Gasteiger partial charge on any atom is 0.246 e. The lowest BCUT2D eigenvalue weighted by Gasteiger charge is -2.40. The van der Waals surface area contributed by atoms with E-state index in [1.165, 1.54) is 0 Å². The maximum absolute atomic E-state index is 13.8. The van der Waals surface area contributed by atoms with Gasteiger partial charge in [0.1, 0.15) is 11.6 Å². The van der Waals surface area contributed by atoms with Crippen LogP contribution in [0.2, 0.25) is 0 Å². The third kappa shape index (κ3) is 3.97. The quantitative estimate of drug-likeness (QED) is 0.529. The molecule has 0 aromatic heterocycles. The number of hydrogen-bond donors (Lipinski definition) is 3. The minimum atomic E-state index is -1.02. The van der Waals surface area contributed by atoms with Gasteiger partial charge in [-0.25, -0.2) is 0 Å². The molecular weight excluding hydrogens is 398 g/mol. The number of nitrogens with one attached hydrogen (secondary N) is 2. The Kier molecular flexibility index (Phi) is 6.73. The molecule has 3 aliphatic rings. The zero-order valence-electron chi connectivity index (χ0n) is 19.7. The predicted molar refractivity (Wildman–Crippen MR) is 116 cm³/mol. The fourth-order valence-electron chi connectivity index (χ4n) is 5.67. The molecule has 31 heavy (non-hydrogen) atoms. The van der Waals surface area contributed by atoms with E-state index in [1.807, 2.05) is 41.5 Å². The molecule has 3 amide bonds. The Morgan fingerprint density at radius 1 is 1.29 bits per heavy atom. The minimum absolute atomic E-state index is 0.00122. The van der Waals surface area contributed by atoms with E-state index in [0.29, 0.717) is 19.4 Å². The molecule has 0 aromatic rings. The number of amides is 3. The van der Waals surface area contributed by atoms with Crippen LogP contribution in [-0.4, -0.2) is 70.2 Å². The molecule has 3 fully saturated rings. The number of nitrogens with zero attached hydrogens (tertiary/aromatic N) is 1. The van der Waals surface area contributed by atoms with Crippen molar-refractivity contribution in [2.24, 2.45) is 17.8 Å². The molecule has 0 saturated carbocycles. The molecule has 7 atom stereocenters. The summed E-state index contributed by atoms with van der Waals surface area (Å²) in [4.78, 5) is 42.0. The first-order valence-corrected chi connectivity index (χ1v) is 11.7. The molecule has 0 aliphatic carbocycles. The van der Waals surface area contributed by atoms with Crippen LogP contribution in [0, 0.1) is 17.8 Å². The maximum atomic E-state index is 13.8. The highest BCUT2D eigenvalue weighted by atomic mass is 16.5. The first-order chi connectivity index (χ1) is 14.5. The Bertz CT molecular complexity index is 720. The van der Waals surface area contributed by atoms with Crippen LogP contribution < -0.4 is 10.6 Å². The number of carbonyl (C=O) groups excluding carboxylic acids is 3. The molecule has 3 saturated heterocycles. The van der Waals surface area contributed by atoms with E-state index in [2.05, 4.69) is 10.6 Å². The second kappa shape index (κ2) is 8.70. The van der Waals surface area contributed by atoms with Crippen LogP contribution >= 0.6 is 0 Å². The molecule has 3 rings (SSSR count). The summed E-state index contributed by atoms with van der Waals surface area (Å²) < 4.78 is 6.39. The summed E-state index contributed by atoms with van der Waals surface area (Å²) in [6, 6.07) is -1.36. The number of aliphatic hydroxyl groups is 1. The van der Waals surface area contributed by atoms with Crippen molar-refractivity contribution in [3.8, 4) is 0 Å². The van der Waals surface area contributed by atoms with E-state index in [4.69, 9.17) is 4.74 Å². The summed E-state index contributed by atoms with van der Waals surface area (Å²) >= 11 is 0. The molecule has 176 valence electrons. The monoisotopic (exact) mass is 437 g/mol. The van der Waals surface area contributed by atoms with Crippen LogP contribution in [0.1, 0.15) is 67.2 Å². The zero-order chi connectivity index (χ0) is 23.1. The van der Waals surface area contributed by atoms with Gasteiger partial charge in [0.2, 0.25) is 17.7 Å². The van der Waals surface area contributed by atoms with Crippen LogP contribution in [0.4, 0.5) is 0 Å². The SMILES string of the molecule is CCCNC(=O)[C@@H]1[C@@H]2CCC3(O2)C(C(=O)NC(C)(C)C)N([C@@H](CO)[C@@H](C)CC)C(=O)[C@H]13. The van der Waals surface area contributed by atoms with E-state index < -0.39 is 35.1 Å². The van der Waals surface area contributed by atoms with Crippen LogP contribution in [0.3, 0.4) is 0 Å². The van der Waals surface area contributed by atoms with Crippen LogP contribution in [-0.2, 0) is 19.1 Å². The van der Waals surface area contributed by atoms with Gasteiger partial charge in [0.05, 0.1) is 30.6 Å². The standard InChI is InChI=1S/C23H39N3O5/c1-7-11-24-19(28)16-15-9-10-23(31-15)17(16)21(30)26(14(12-27)13(3)8-2)18(23)20(29)25-22(4,5)6/h13-18,27H,7-12H2,1-6H3,(H,24,28)(H,25,29)/t13-,14-,15-,16+,17-,18?,23?/m0/s1. The van der Waals surface area contributed by atoms with Crippen molar-refractivity contribution >= 4 is 17.7 Å². The van der Waals surface area contributed by atoms with E-state index in [0.717, 1.165) is 12.8 Å². The Balaban J connectivity index is 2.05. The average Bonchev–Trinajstić information content (AvgIpc) is 3.33. The number of aliphatic hydroxyl groups excluding tert-OH is 1. The summed E-state index contributed by atoms with van der Waals surface area (Å²) in [6.45, 7) is 11.9. The highest BCUT2D eigenvalue weighted by molar-refractivity contribution is 5.99. The van der Waals surface area contributed by atoms with Gasteiger partial charge in [-0.3, -0.25) is 14.4 Å². The molecule has 2 bridgehead atoms. The smallest absolute Gasteiger partial charge is 0.246 e. The average molecular weight is 438 g/mol. The molecule has 3 aliphatic heterocycles. The van der Waals surface area contributed by atoms with Crippen molar-refractivity contribution in [3.63, 3.8) is 0 Å². The first-order valence-electron chi connectivity index (χ1n) is 11.7. The van der Waals surface area contributed by atoms with E-state index in [-0.39, 0.29) is 36.4 Å². The Hall–Kier alpha value is -1.67. The number of fused-ring (bicyclic) bond motifs is 1. The number of carbonyl (C=O) groups is 3. The van der Waals surface area contributed by atoms with Gasteiger partial charge >= 0.3 is 0 Å². The molecule has 8 nitrogen and oxygen atoms in total. The molecule has 3 heterocycles. The van der Waals surface area contributed by atoms with Crippen molar-refractivity contribution < 1.29 is 24.2 Å². The van der Waals surface area contributed by atoms with Gasteiger partial charge < -0.3 is 25.4 Å². The van der Waals surface area contributed by atoms with Gasteiger partial charge in [-0.1, -0.05) is 27.2 Å². The normalized spacial score (nSPS) is 33.9.